The predicted octanol–water partition coefficient (Wildman–Crippen LogP) is 7.34. The number of rotatable bonds is 8. The standard InChI is InChI=1S/C24H20BrClINO3/c1-2-30-22-14-16(7-12-23(29)28-19-10-8-18(27)9-11-19)13-20(25)24(22)31-15-17-5-3-4-6-21(17)26/h3-14H,2,15H2,1H3,(H,28,29)/b12-7+. The van der Waals surface area contributed by atoms with E-state index in [1.54, 1.807) is 6.08 Å². The molecule has 0 aliphatic heterocycles. The molecule has 0 radical (unpaired) electrons. The zero-order valence-corrected chi connectivity index (χ0v) is 21.2. The van der Waals surface area contributed by atoms with Crippen LogP contribution in [-0.4, -0.2) is 12.5 Å². The van der Waals surface area contributed by atoms with E-state index >= 15 is 0 Å². The molecule has 0 saturated carbocycles. The van der Waals surface area contributed by atoms with Crippen molar-refractivity contribution in [1.29, 1.82) is 0 Å². The van der Waals surface area contributed by atoms with Gasteiger partial charge in [0.1, 0.15) is 6.61 Å². The third kappa shape index (κ3) is 6.98. The molecule has 1 amide bonds. The van der Waals surface area contributed by atoms with Crippen molar-refractivity contribution < 1.29 is 14.3 Å². The highest BCUT2D eigenvalue weighted by atomic mass is 127. The summed E-state index contributed by atoms with van der Waals surface area (Å²) >= 11 is 12.0. The number of hydrogen-bond donors (Lipinski definition) is 1. The van der Waals surface area contributed by atoms with Crippen molar-refractivity contribution in [2.75, 3.05) is 11.9 Å². The van der Waals surface area contributed by atoms with Crippen LogP contribution >= 0.6 is 50.1 Å². The van der Waals surface area contributed by atoms with Gasteiger partial charge in [-0.1, -0.05) is 29.8 Å². The maximum Gasteiger partial charge on any atom is 0.248 e. The van der Waals surface area contributed by atoms with Crippen molar-refractivity contribution in [2.24, 2.45) is 0 Å². The van der Waals surface area contributed by atoms with Gasteiger partial charge in [-0.15, -0.1) is 0 Å². The van der Waals surface area contributed by atoms with Crippen LogP contribution in [-0.2, 0) is 11.4 Å². The molecular formula is C24H20BrClINO3. The van der Waals surface area contributed by atoms with Crippen LogP contribution in [0.2, 0.25) is 5.02 Å². The van der Waals surface area contributed by atoms with E-state index in [0.717, 1.165) is 24.9 Å². The van der Waals surface area contributed by atoms with Gasteiger partial charge in [-0.3, -0.25) is 4.79 Å². The second-order valence-electron chi connectivity index (χ2n) is 6.47. The fraction of sp³-hybridized carbons (Fsp3) is 0.125. The minimum Gasteiger partial charge on any atom is -0.490 e. The lowest BCUT2D eigenvalue weighted by atomic mass is 10.1. The molecule has 31 heavy (non-hydrogen) atoms. The Bertz CT molecular complexity index is 1090. The van der Waals surface area contributed by atoms with Crippen LogP contribution in [0.15, 0.2) is 71.2 Å². The summed E-state index contributed by atoms with van der Waals surface area (Å²) in [7, 11) is 0. The third-order valence-corrected chi connectivity index (χ3v) is 5.88. The van der Waals surface area contributed by atoms with Crippen molar-refractivity contribution in [2.45, 2.75) is 13.5 Å². The molecule has 7 heteroatoms. The van der Waals surface area contributed by atoms with Crippen molar-refractivity contribution in [3.63, 3.8) is 0 Å². The number of amides is 1. The number of carbonyl (C=O) groups excluding carboxylic acids is 1. The normalized spacial score (nSPS) is 10.8. The first-order valence-corrected chi connectivity index (χ1v) is 11.8. The van der Waals surface area contributed by atoms with E-state index in [1.807, 2.05) is 67.6 Å². The Morgan fingerprint density at radius 3 is 2.58 bits per heavy atom. The van der Waals surface area contributed by atoms with Crippen LogP contribution in [0.5, 0.6) is 11.5 Å². The van der Waals surface area contributed by atoms with Crippen LogP contribution in [0.4, 0.5) is 5.69 Å². The fourth-order valence-corrected chi connectivity index (χ4v) is 3.87. The van der Waals surface area contributed by atoms with Gasteiger partial charge in [0, 0.05) is 25.9 Å². The first kappa shape index (κ1) is 23.6. The summed E-state index contributed by atoms with van der Waals surface area (Å²) in [5.74, 6) is 0.957. The van der Waals surface area contributed by atoms with E-state index in [-0.39, 0.29) is 5.91 Å². The number of anilines is 1. The second kappa shape index (κ2) is 11.5. The Balaban J connectivity index is 1.74. The molecule has 0 fully saturated rings. The van der Waals surface area contributed by atoms with Crippen LogP contribution in [0, 0.1) is 3.57 Å². The number of benzene rings is 3. The van der Waals surface area contributed by atoms with E-state index in [4.69, 9.17) is 21.1 Å². The number of hydrogen-bond acceptors (Lipinski definition) is 3. The molecule has 0 aromatic heterocycles. The maximum atomic E-state index is 12.2. The van der Waals surface area contributed by atoms with Crippen molar-refractivity contribution in [3.8, 4) is 11.5 Å². The summed E-state index contributed by atoms with van der Waals surface area (Å²) in [6, 6.07) is 18.9. The quantitative estimate of drug-likeness (QED) is 0.214. The van der Waals surface area contributed by atoms with Crippen LogP contribution in [0.3, 0.4) is 0 Å². The van der Waals surface area contributed by atoms with E-state index in [9.17, 15) is 4.79 Å². The van der Waals surface area contributed by atoms with Crippen LogP contribution < -0.4 is 14.8 Å². The highest BCUT2D eigenvalue weighted by Gasteiger charge is 2.13. The molecule has 4 nitrogen and oxygen atoms in total. The topological polar surface area (TPSA) is 47.6 Å². The number of halogens is 3. The number of carbonyl (C=O) groups is 1. The Morgan fingerprint density at radius 1 is 1.13 bits per heavy atom. The van der Waals surface area contributed by atoms with Gasteiger partial charge in [0.15, 0.2) is 11.5 Å². The molecule has 0 atom stereocenters. The lowest BCUT2D eigenvalue weighted by Crippen LogP contribution is -2.07. The predicted molar refractivity (Wildman–Crippen MR) is 138 cm³/mol. The molecule has 0 aliphatic rings. The molecule has 0 spiro atoms. The molecule has 0 unspecified atom stereocenters. The van der Waals surface area contributed by atoms with Gasteiger partial charge in [0.05, 0.1) is 11.1 Å². The SMILES string of the molecule is CCOc1cc(/C=C/C(=O)Nc2ccc(I)cc2)cc(Br)c1OCc1ccccc1Cl. The van der Waals surface area contributed by atoms with Gasteiger partial charge < -0.3 is 14.8 Å². The van der Waals surface area contributed by atoms with Gasteiger partial charge >= 0.3 is 0 Å². The molecule has 3 rings (SSSR count). The monoisotopic (exact) mass is 611 g/mol. The minimum atomic E-state index is -0.214. The Kier molecular flexibility index (Phi) is 8.80. The maximum absolute atomic E-state index is 12.2. The van der Waals surface area contributed by atoms with Crippen molar-refractivity contribution >= 4 is 67.8 Å². The number of nitrogens with one attached hydrogen (secondary N) is 1. The third-order valence-electron chi connectivity index (χ3n) is 4.20. The minimum absolute atomic E-state index is 0.214. The van der Waals surface area contributed by atoms with Gasteiger partial charge in [0.25, 0.3) is 0 Å². The zero-order valence-electron chi connectivity index (χ0n) is 16.7. The molecule has 160 valence electrons. The average molecular weight is 613 g/mol. The van der Waals surface area contributed by atoms with Crippen molar-refractivity contribution in [3.05, 3.63) is 90.9 Å². The highest BCUT2D eigenvalue weighted by molar-refractivity contribution is 14.1. The van der Waals surface area contributed by atoms with E-state index in [2.05, 4.69) is 43.8 Å². The lowest BCUT2D eigenvalue weighted by molar-refractivity contribution is -0.111. The Hall–Kier alpha value is -2.03. The summed E-state index contributed by atoms with van der Waals surface area (Å²) < 4.78 is 13.6. The molecule has 0 bridgehead atoms. The summed E-state index contributed by atoms with van der Waals surface area (Å²) in [4.78, 5) is 12.2. The molecule has 3 aromatic carbocycles. The molecule has 0 heterocycles. The van der Waals surface area contributed by atoms with E-state index in [0.29, 0.717) is 29.7 Å². The second-order valence-corrected chi connectivity index (χ2v) is 8.98. The van der Waals surface area contributed by atoms with Gasteiger partial charge in [-0.2, -0.15) is 0 Å². The largest absolute Gasteiger partial charge is 0.490 e. The first-order valence-electron chi connectivity index (χ1n) is 9.53. The smallest absolute Gasteiger partial charge is 0.248 e. The highest BCUT2D eigenvalue weighted by Crippen LogP contribution is 2.38. The van der Waals surface area contributed by atoms with Gasteiger partial charge in [-0.05, 0) is 99.5 Å². The summed E-state index contributed by atoms with van der Waals surface area (Å²) in [5.41, 5.74) is 2.43. The lowest BCUT2D eigenvalue weighted by Gasteiger charge is -2.15. The molecular weight excluding hydrogens is 593 g/mol. The Labute approximate surface area is 208 Å². The van der Waals surface area contributed by atoms with Crippen molar-refractivity contribution in [1.82, 2.24) is 0 Å². The molecule has 0 aliphatic carbocycles. The van der Waals surface area contributed by atoms with E-state index < -0.39 is 0 Å². The zero-order chi connectivity index (χ0) is 22.2. The Morgan fingerprint density at radius 2 is 1.87 bits per heavy atom. The fourth-order valence-electron chi connectivity index (χ4n) is 2.74. The van der Waals surface area contributed by atoms with Gasteiger partial charge in [0.2, 0.25) is 5.91 Å². The first-order chi connectivity index (χ1) is 15.0. The van der Waals surface area contributed by atoms with Crippen LogP contribution in [0.1, 0.15) is 18.1 Å². The van der Waals surface area contributed by atoms with E-state index in [1.165, 1.54) is 6.08 Å². The summed E-state index contributed by atoms with van der Waals surface area (Å²) in [6.45, 7) is 2.70. The summed E-state index contributed by atoms with van der Waals surface area (Å²) in [5, 5.41) is 3.49. The number of ether oxygens (including phenoxy) is 2. The molecule has 0 saturated heterocycles. The van der Waals surface area contributed by atoms with Gasteiger partial charge in [-0.25, -0.2) is 0 Å². The van der Waals surface area contributed by atoms with Crippen LogP contribution in [0.25, 0.3) is 6.08 Å². The summed E-state index contributed by atoms with van der Waals surface area (Å²) in [6.07, 6.45) is 3.22. The average Bonchev–Trinajstić information content (AvgIpc) is 2.75. The molecule has 3 aromatic rings. The molecule has 1 N–H and O–H groups in total.